The fourth-order valence-corrected chi connectivity index (χ4v) is 2.83. The first kappa shape index (κ1) is 19.5. The van der Waals surface area contributed by atoms with E-state index in [2.05, 4.69) is 10.6 Å². The molecule has 0 unspecified atom stereocenters. The Morgan fingerprint density at radius 2 is 1.61 bits per heavy atom. The molecule has 2 amide bonds. The zero-order chi connectivity index (χ0) is 20.1. The number of hydrogen-bond donors (Lipinski definition) is 2. The average Bonchev–Trinajstić information content (AvgIpc) is 2.69. The van der Waals surface area contributed by atoms with E-state index in [1.807, 2.05) is 25.1 Å². The zero-order valence-corrected chi connectivity index (χ0v) is 16.2. The molecule has 0 radical (unpaired) electrons. The minimum Gasteiger partial charge on any atom is -0.495 e. The number of carbonyl (C=O) groups is 2. The monoisotopic (exact) mass is 394 g/mol. The van der Waals surface area contributed by atoms with Crippen LogP contribution in [-0.4, -0.2) is 18.9 Å². The van der Waals surface area contributed by atoms with Crippen molar-refractivity contribution in [3.63, 3.8) is 0 Å². The van der Waals surface area contributed by atoms with Gasteiger partial charge in [0.1, 0.15) is 5.75 Å². The van der Waals surface area contributed by atoms with Crippen LogP contribution in [0.4, 0.5) is 11.4 Å². The van der Waals surface area contributed by atoms with Gasteiger partial charge in [-0.1, -0.05) is 29.8 Å². The number of rotatable bonds is 5. The summed E-state index contributed by atoms with van der Waals surface area (Å²) < 4.78 is 5.33. The molecule has 2 N–H and O–H groups in total. The van der Waals surface area contributed by atoms with Crippen LogP contribution < -0.4 is 15.4 Å². The van der Waals surface area contributed by atoms with Crippen LogP contribution in [0, 0.1) is 6.92 Å². The number of methoxy groups -OCH3 is 1. The third kappa shape index (κ3) is 4.50. The molecular weight excluding hydrogens is 376 g/mol. The molecule has 0 aliphatic carbocycles. The first-order valence-corrected chi connectivity index (χ1v) is 8.97. The molecule has 0 saturated heterocycles. The van der Waals surface area contributed by atoms with Gasteiger partial charge in [-0.3, -0.25) is 9.59 Å². The fraction of sp³-hybridized carbons (Fsp3) is 0.0909. The number of anilines is 2. The molecule has 0 fully saturated rings. The Morgan fingerprint density at radius 1 is 0.893 bits per heavy atom. The van der Waals surface area contributed by atoms with E-state index in [1.165, 1.54) is 7.11 Å². The minimum absolute atomic E-state index is 0.252. The Kier molecular flexibility index (Phi) is 5.96. The highest BCUT2D eigenvalue weighted by Gasteiger charge is 2.13. The number of aryl methyl sites for hydroxylation is 1. The number of halogens is 1. The second-order valence-electron chi connectivity index (χ2n) is 6.15. The molecule has 0 aliphatic heterocycles. The zero-order valence-electron chi connectivity index (χ0n) is 15.5. The van der Waals surface area contributed by atoms with E-state index in [0.717, 1.165) is 5.56 Å². The topological polar surface area (TPSA) is 67.4 Å². The van der Waals surface area contributed by atoms with Crippen molar-refractivity contribution < 1.29 is 14.3 Å². The summed E-state index contributed by atoms with van der Waals surface area (Å²) in [5.74, 6) is -0.0398. The molecule has 3 aromatic carbocycles. The lowest BCUT2D eigenvalue weighted by Gasteiger charge is -2.14. The molecule has 0 aromatic heterocycles. The van der Waals surface area contributed by atoms with Crippen molar-refractivity contribution in [3.05, 3.63) is 88.4 Å². The number of ether oxygens (including phenoxy) is 1. The molecule has 0 aliphatic rings. The molecule has 0 bridgehead atoms. The summed E-state index contributed by atoms with van der Waals surface area (Å²) in [4.78, 5) is 25.0. The number of hydrogen-bond acceptors (Lipinski definition) is 3. The number of amides is 2. The summed E-state index contributed by atoms with van der Waals surface area (Å²) in [5, 5.41) is 6.21. The summed E-state index contributed by atoms with van der Waals surface area (Å²) in [6.45, 7) is 1.87. The molecule has 0 saturated carbocycles. The van der Waals surface area contributed by atoms with Gasteiger partial charge in [-0.2, -0.15) is 0 Å². The van der Waals surface area contributed by atoms with Crippen molar-refractivity contribution >= 4 is 34.8 Å². The predicted octanol–water partition coefficient (Wildman–Crippen LogP) is 5.16. The molecule has 3 aromatic rings. The quantitative estimate of drug-likeness (QED) is 0.628. The second kappa shape index (κ2) is 8.59. The Hall–Kier alpha value is -3.31. The normalized spacial score (nSPS) is 10.2. The van der Waals surface area contributed by atoms with E-state index in [0.29, 0.717) is 33.3 Å². The maximum absolute atomic E-state index is 12.6. The van der Waals surface area contributed by atoms with Crippen molar-refractivity contribution in [2.24, 2.45) is 0 Å². The highest BCUT2D eigenvalue weighted by Crippen LogP contribution is 2.29. The van der Waals surface area contributed by atoms with E-state index in [-0.39, 0.29) is 11.8 Å². The van der Waals surface area contributed by atoms with E-state index < -0.39 is 0 Å². The Bertz CT molecular complexity index is 1020. The van der Waals surface area contributed by atoms with Gasteiger partial charge in [0, 0.05) is 21.8 Å². The van der Waals surface area contributed by atoms with Gasteiger partial charge in [0.25, 0.3) is 11.8 Å². The molecule has 0 atom stereocenters. The lowest BCUT2D eigenvalue weighted by atomic mass is 10.1. The molecule has 0 spiro atoms. The van der Waals surface area contributed by atoms with Crippen LogP contribution >= 0.6 is 11.6 Å². The highest BCUT2D eigenvalue weighted by atomic mass is 35.5. The average molecular weight is 395 g/mol. The smallest absolute Gasteiger partial charge is 0.256 e. The summed E-state index contributed by atoms with van der Waals surface area (Å²) >= 11 is 5.85. The third-order valence-electron chi connectivity index (χ3n) is 4.20. The second-order valence-corrected chi connectivity index (χ2v) is 6.58. The lowest BCUT2D eigenvalue weighted by Crippen LogP contribution is -2.15. The summed E-state index contributed by atoms with van der Waals surface area (Å²) in [6, 6.07) is 18.9. The van der Waals surface area contributed by atoms with Crippen molar-refractivity contribution in [3.8, 4) is 5.75 Å². The van der Waals surface area contributed by atoms with E-state index in [4.69, 9.17) is 16.3 Å². The first-order valence-electron chi connectivity index (χ1n) is 8.60. The van der Waals surface area contributed by atoms with E-state index in [1.54, 1.807) is 48.5 Å². The van der Waals surface area contributed by atoms with Crippen LogP contribution in [0.1, 0.15) is 26.3 Å². The lowest BCUT2D eigenvalue weighted by molar-refractivity contribution is 0.101. The van der Waals surface area contributed by atoms with Gasteiger partial charge in [-0.15, -0.1) is 0 Å². The van der Waals surface area contributed by atoms with Crippen LogP contribution in [0.2, 0.25) is 5.02 Å². The van der Waals surface area contributed by atoms with Crippen LogP contribution in [0.25, 0.3) is 0 Å². The molecule has 3 rings (SSSR count). The largest absolute Gasteiger partial charge is 0.495 e. The maximum Gasteiger partial charge on any atom is 0.256 e. The van der Waals surface area contributed by atoms with Gasteiger partial charge in [-0.25, -0.2) is 0 Å². The maximum atomic E-state index is 12.6. The molecule has 6 heteroatoms. The van der Waals surface area contributed by atoms with Crippen molar-refractivity contribution in [1.82, 2.24) is 0 Å². The molecule has 0 heterocycles. The summed E-state index contributed by atoms with van der Waals surface area (Å²) in [7, 11) is 1.52. The van der Waals surface area contributed by atoms with Crippen LogP contribution in [0.5, 0.6) is 5.75 Å². The summed E-state index contributed by atoms with van der Waals surface area (Å²) in [5.41, 5.74) is 2.91. The van der Waals surface area contributed by atoms with Gasteiger partial charge in [0.2, 0.25) is 0 Å². The first-order chi connectivity index (χ1) is 13.5. The Morgan fingerprint density at radius 3 is 2.29 bits per heavy atom. The SMILES string of the molecule is COc1ccc(NC(=O)c2ccc(Cl)cc2)cc1NC(=O)c1ccccc1C. The van der Waals surface area contributed by atoms with Crippen molar-refractivity contribution in [2.45, 2.75) is 6.92 Å². The van der Waals surface area contributed by atoms with Crippen LogP contribution in [0.3, 0.4) is 0 Å². The van der Waals surface area contributed by atoms with Gasteiger partial charge in [0.05, 0.1) is 12.8 Å². The van der Waals surface area contributed by atoms with Gasteiger partial charge in [-0.05, 0) is 61.0 Å². The van der Waals surface area contributed by atoms with E-state index in [9.17, 15) is 9.59 Å². The number of carbonyl (C=O) groups excluding carboxylic acids is 2. The van der Waals surface area contributed by atoms with Gasteiger partial charge < -0.3 is 15.4 Å². The molecule has 142 valence electrons. The summed E-state index contributed by atoms with van der Waals surface area (Å²) in [6.07, 6.45) is 0. The van der Waals surface area contributed by atoms with Crippen molar-refractivity contribution in [1.29, 1.82) is 0 Å². The number of nitrogens with one attached hydrogen (secondary N) is 2. The standard InChI is InChI=1S/C22H19ClN2O3/c1-14-5-3-4-6-18(14)22(27)25-19-13-17(11-12-20(19)28-2)24-21(26)15-7-9-16(23)10-8-15/h3-13H,1-2H3,(H,24,26)(H,25,27). The van der Waals surface area contributed by atoms with E-state index >= 15 is 0 Å². The van der Waals surface area contributed by atoms with Crippen LogP contribution in [-0.2, 0) is 0 Å². The van der Waals surface area contributed by atoms with Crippen molar-refractivity contribution in [2.75, 3.05) is 17.7 Å². The Labute approximate surface area is 168 Å². The molecule has 5 nitrogen and oxygen atoms in total. The number of benzene rings is 3. The van der Waals surface area contributed by atoms with Gasteiger partial charge >= 0.3 is 0 Å². The third-order valence-corrected chi connectivity index (χ3v) is 4.45. The predicted molar refractivity (Wildman–Crippen MR) is 112 cm³/mol. The minimum atomic E-state index is -0.280. The Balaban J connectivity index is 1.82. The van der Waals surface area contributed by atoms with Gasteiger partial charge in [0.15, 0.2) is 0 Å². The fourth-order valence-electron chi connectivity index (χ4n) is 2.71. The molecule has 28 heavy (non-hydrogen) atoms. The molecular formula is C22H19ClN2O3. The van der Waals surface area contributed by atoms with Crippen LogP contribution in [0.15, 0.2) is 66.7 Å². The highest BCUT2D eigenvalue weighted by molar-refractivity contribution is 6.30.